The summed E-state index contributed by atoms with van der Waals surface area (Å²) in [6.07, 6.45) is 0.992. The standard InChI is InChI=1S/C24H36F3N5O3/c1-3-4-11-30-12-7-18(8-13-30)17-29(2)23(33)31-14-9-19(10-15-31)28-20-5-6-22(32(34)35)21(16-20)24(25,26)27/h5-6,16,18-19,28H,3-4,7-15,17H2,1-2H3. The second-order valence-electron chi connectivity index (χ2n) is 9.69. The van der Waals surface area contributed by atoms with Gasteiger partial charge in [-0.2, -0.15) is 13.2 Å². The molecule has 2 fully saturated rings. The molecule has 35 heavy (non-hydrogen) atoms. The summed E-state index contributed by atoms with van der Waals surface area (Å²) >= 11 is 0. The van der Waals surface area contributed by atoms with Gasteiger partial charge in [0.15, 0.2) is 0 Å². The number of likely N-dealkylation sites (tertiary alicyclic amines) is 2. The Morgan fingerprint density at radius 2 is 1.83 bits per heavy atom. The Hall–Kier alpha value is -2.56. The van der Waals surface area contributed by atoms with Crippen LogP contribution in [-0.4, -0.2) is 78.0 Å². The molecule has 2 heterocycles. The first-order valence-corrected chi connectivity index (χ1v) is 12.4. The highest BCUT2D eigenvalue weighted by Gasteiger charge is 2.38. The van der Waals surface area contributed by atoms with Gasteiger partial charge in [-0.05, 0) is 69.8 Å². The van der Waals surface area contributed by atoms with Crippen LogP contribution in [0, 0.1) is 16.0 Å². The molecule has 2 saturated heterocycles. The molecule has 2 aliphatic rings. The number of nitro groups is 1. The van der Waals surface area contributed by atoms with E-state index >= 15 is 0 Å². The van der Waals surface area contributed by atoms with Crippen LogP contribution in [0.5, 0.6) is 0 Å². The molecule has 1 N–H and O–H groups in total. The topological polar surface area (TPSA) is 82.0 Å². The van der Waals surface area contributed by atoms with Crippen molar-refractivity contribution in [1.29, 1.82) is 0 Å². The lowest BCUT2D eigenvalue weighted by Crippen LogP contribution is -2.49. The zero-order valence-electron chi connectivity index (χ0n) is 20.5. The number of nitrogens with zero attached hydrogens (tertiary/aromatic N) is 4. The number of nitro benzene ring substituents is 1. The number of carbonyl (C=O) groups excluding carboxylic acids is 1. The minimum Gasteiger partial charge on any atom is -0.382 e. The molecule has 0 atom stereocenters. The molecule has 1 aromatic carbocycles. The van der Waals surface area contributed by atoms with Crippen molar-refractivity contribution in [2.75, 3.05) is 51.6 Å². The molecule has 0 saturated carbocycles. The Labute approximate surface area is 204 Å². The van der Waals surface area contributed by atoms with E-state index in [-0.39, 0.29) is 17.8 Å². The van der Waals surface area contributed by atoms with E-state index in [4.69, 9.17) is 0 Å². The molecule has 0 aliphatic carbocycles. The number of halogens is 3. The van der Waals surface area contributed by atoms with Gasteiger partial charge in [-0.3, -0.25) is 10.1 Å². The van der Waals surface area contributed by atoms with Crippen molar-refractivity contribution in [2.24, 2.45) is 5.92 Å². The summed E-state index contributed by atoms with van der Waals surface area (Å²) in [6, 6.07) is 2.85. The lowest BCUT2D eigenvalue weighted by molar-refractivity contribution is -0.388. The van der Waals surface area contributed by atoms with Crippen molar-refractivity contribution < 1.29 is 22.9 Å². The number of anilines is 1. The van der Waals surface area contributed by atoms with E-state index in [0.717, 1.165) is 51.2 Å². The van der Waals surface area contributed by atoms with Gasteiger partial charge in [0, 0.05) is 44.5 Å². The fraction of sp³-hybridized carbons (Fsp3) is 0.708. The van der Waals surface area contributed by atoms with Crippen LogP contribution in [-0.2, 0) is 6.18 Å². The largest absolute Gasteiger partial charge is 0.423 e. The molecule has 3 rings (SSSR count). The minimum atomic E-state index is -4.81. The summed E-state index contributed by atoms with van der Waals surface area (Å²) in [6.45, 7) is 7.28. The Morgan fingerprint density at radius 3 is 2.40 bits per heavy atom. The predicted octanol–water partition coefficient (Wildman–Crippen LogP) is 5.05. The Balaban J connectivity index is 1.46. The highest BCUT2D eigenvalue weighted by molar-refractivity contribution is 5.74. The average Bonchev–Trinajstić information content (AvgIpc) is 2.83. The third-order valence-electron chi connectivity index (χ3n) is 7.03. The fourth-order valence-corrected chi connectivity index (χ4v) is 4.94. The lowest BCUT2D eigenvalue weighted by atomic mass is 9.96. The number of nitrogens with one attached hydrogen (secondary N) is 1. The molecule has 0 spiro atoms. The van der Waals surface area contributed by atoms with Gasteiger partial charge in [0.05, 0.1) is 4.92 Å². The fourth-order valence-electron chi connectivity index (χ4n) is 4.94. The van der Waals surface area contributed by atoms with Gasteiger partial charge < -0.3 is 20.0 Å². The van der Waals surface area contributed by atoms with Gasteiger partial charge in [-0.15, -0.1) is 0 Å². The highest BCUT2D eigenvalue weighted by Crippen LogP contribution is 2.38. The quantitative estimate of drug-likeness (QED) is 0.400. The van der Waals surface area contributed by atoms with Crippen molar-refractivity contribution >= 4 is 17.4 Å². The maximum Gasteiger partial charge on any atom is 0.423 e. The average molecular weight is 500 g/mol. The summed E-state index contributed by atoms with van der Waals surface area (Å²) in [7, 11) is 1.84. The number of hydrogen-bond acceptors (Lipinski definition) is 5. The van der Waals surface area contributed by atoms with Crippen LogP contribution < -0.4 is 5.32 Å². The maximum atomic E-state index is 13.2. The minimum absolute atomic E-state index is 0.00782. The zero-order valence-corrected chi connectivity index (χ0v) is 20.5. The van der Waals surface area contributed by atoms with E-state index in [2.05, 4.69) is 17.1 Å². The number of rotatable bonds is 8. The van der Waals surface area contributed by atoms with Gasteiger partial charge >= 0.3 is 12.2 Å². The van der Waals surface area contributed by atoms with Gasteiger partial charge in [0.1, 0.15) is 5.56 Å². The van der Waals surface area contributed by atoms with Crippen molar-refractivity contribution in [3.8, 4) is 0 Å². The van der Waals surface area contributed by atoms with E-state index < -0.39 is 22.4 Å². The normalized spacial score (nSPS) is 18.5. The molecule has 2 amide bonds. The van der Waals surface area contributed by atoms with Crippen LogP contribution in [0.1, 0.15) is 51.0 Å². The lowest BCUT2D eigenvalue weighted by Gasteiger charge is -2.37. The summed E-state index contributed by atoms with van der Waals surface area (Å²) in [5.41, 5.74) is -2.04. The molecule has 8 nitrogen and oxygen atoms in total. The number of alkyl halides is 3. The van der Waals surface area contributed by atoms with Gasteiger partial charge in [0.25, 0.3) is 5.69 Å². The molecule has 0 radical (unpaired) electrons. The Bertz CT molecular complexity index is 866. The van der Waals surface area contributed by atoms with E-state index in [9.17, 15) is 28.1 Å². The van der Waals surface area contributed by atoms with Crippen LogP contribution >= 0.6 is 0 Å². The SMILES string of the molecule is CCCCN1CCC(CN(C)C(=O)N2CCC(Nc3ccc([N+](=O)[O-])c(C(F)(F)F)c3)CC2)CC1. The Kier molecular flexibility index (Phi) is 9.21. The summed E-state index contributed by atoms with van der Waals surface area (Å²) < 4.78 is 39.7. The van der Waals surface area contributed by atoms with Crippen LogP contribution in [0.3, 0.4) is 0 Å². The second-order valence-corrected chi connectivity index (χ2v) is 9.69. The molecule has 1 aromatic rings. The van der Waals surface area contributed by atoms with Crippen molar-refractivity contribution in [3.63, 3.8) is 0 Å². The number of urea groups is 1. The monoisotopic (exact) mass is 499 g/mol. The highest BCUT2D eigenvalue weighted by atomic mass is 19.4. The number of unbranched alkanes of at least 4 members (excludes halogenated alkanes) is 1. The number of carbonyl (C=O) groups is 1. The molecule has 0 aromatic heterocycles. The molecule has 2 aliphatic heterocycles. The number of piperidine rings is 2. The van der Waals surface area contributed by atoms with Gasteiger partial charge in [0.2, 0.25) is 0 Å². The smallest absolute Gasteiger partial charge is 0.382 e. The molecule has 11 heteroatoms. The number of amides is 2. The molecular formula is C24H36F3N5O3. The van der Waals surface area contributed by atoms with Crippen LogP contribution in [0.4, 0.5) is 29.3 Å². The second kappa shape index (κ2) is 11.9. The van der Waals surface area contributed by atoms with E-state index in [1.807, 2.05) is 7.05 Å². The van der Waals surface area contributed by atoms with Crippen molar-refractivity contribution in [3.05, 3.63) is 33.9 Å². The Morgan fingerprint density at radius 1 is 1.17 bits per heavy atom. The molecular weight excluding hydrogens is 463 g/mol. The van der Waals surface area contributed by atoms with E-state index in [1.165, 1.54) is 18.9 Å². The molecule has 196 valence electrons. The van der Waals surface area contributed by atoms with Gasteiger partial charge in [-0.1, -0.05) is 13.3 Å². The zero-order chi connectivity index (χ0) is 25.6. The first kappa shape index (κ1) is 27.0. The first-order valence-electron chi connectivity index (χ1n) is 12.4. The van der Waals surface area contributed by atoms with Crippen LogP contribution in [0.25, 0.3) is 0 Å². The summed E-state index contributed by atoms with van der Waals surface area (Å²) in [4.78, 5) is 28.9. The summed E-state index contributed by atoms with van der Waals surface area (Å²) in [5, 5.41) is 14.0. The molecule has 0 unspecified atom stereocenters. The molecule has 0 bridgehead atoms. The van der Waals surface area contributed by atoms with Crippen molar-refractivity contribution in [2.45, 2.75) is 57.7 Å². The number of hydrogen-bond donors (Lipinski definition) is 1. The third kappa shape index (κ3) is 7.46. The van der Waals surface area contributed by atoms with E-state index in [1.54, 1.807) is 9.80 Å². The van der Waals surface area contributed by atoms with Crippen LogP contribution in [0.2, 0.25) is 0 Å². The predicted molar refractivity (Wildman–Crippen MR) is 128 cm³/mol. The first-order chi connectivity index (χ1) is 16.6. The van der Waals surface area contributed by atoms with E-state index in [0.29, 0.717) is 31.8 Å². The third-order valence-corrected chi connectivity index (χ3v) is 7.03. The maximum absolute atomic E-state index is 13.2. The van der Waals surface area contributed by atoms with Gasteiger partial charge in [-0.25, -0.2) is 4.79 Å². The summed E-state index contributed by atoms with van der Waals surface area (Å²) in [5.74, 6) is 0.506. The number of benzene rings is 1. The van der Waals surface area contributed by atoms with Crippen molar-refractivity contribution in [1.82, 2.24) is 14.7 Å². The van der Waals surface area contributed by atoms with Crippen LogP contribution in [0.15, 0.2) is 18.2 Å².